The van der Waals surface area contributed by atoms with Gasteiger partial charge in [0.2, 0.25) is 5.91 Å². The summed E-state index contributed by atoms with van der Waals surface area (Å²) in [6.07, 6.45) is 1.26. The van der Waals surface area contributed by atoms with Gasteiger partial charge in [0.05, 0.1) is 0 Å². The topological polar surface area (TPSA) is 78.9 Å². The van der Waals surface area contributed by atoms with Crippen molar-refractivity contribution in [3.05, 3.63) is 34.3 Å². The third-order valence-corrected chi connectivity index (χ3v) is 4.55. The van der Waals surface area contributed by atoms with Crippen LogP contribution in [0.5, 0.6) is 0 Å². The van der Waals surface area contributed by atoms with E-state index in [0.29, 0.717) is 25.3 Å². The third-order valence-electron chi connectivity index (χ3n) is 4.06. The van der Waals surface area contributed by atoms with Crippen molar-refractivity contribution in [2.75, 3.05) is 7.05 Å². The maximum absolute atomic E-state index is 12.7. The number of carbonyl (C=O) groups excluding carboxylic acids is 1. The van der Waals surface area contributed by atoms with Crippen LogP contribution < -0.4 is 5.73 Å². The molecule has 5 nitrogen and oxygen atoms in total. The van der Waals surface area contributed by atoms with Crippen molar-refractivity contribution in [2.45, 2.75) is 26.3 Å². The lowest BCUT2D eigenvalue weighted by atomic mass is 9.61. The number of amidine groups is 1. The SMILES string of the molecule is CC1CC(C(=O)N(C)Cc2cccc(Br)c2)(/C(N)=N/O)C1. The molecule has 1 aromatic rings. The van der Waals surface area contributed by atoms with Crippen LogP contribution in [0.25, 0.3) is 0 Å². The molecule has 0 spiro atoms. The Morgan fingerprint density at radius 2 is 2.24 bits per heavy atom. The molecule has 1 aromatic carbocycles. The number of amides is 1. The lowest BCUT2D eigenvalue weighted by molar-refractivity contribution is -0.143. The van der Waals surface area contributed by atoms with Gasteiger partial charge in [-0.05, 0) is 36.5 Å². The van der Waals surface area contributed by atoms with Crippen molar-refractivity contribution >= 4 is 27.7 Å². The largest absolute Gasteiger partial charge is 0.409 e. The first-order valence-corrected chi connectivity index (χ1v) is 7.66. The predicted molar refractivity (Wildman–Crippen MR) is 84.9 cm³/mol. The Kier molecular flexibility index (Phi) is 4.56. The number of hydrogen-bond donors (Lipinski definition) is 2. The zero-order chi connectivity index (χ0) is 15.6. The molecule has 1 saturated carbocycles. The molecule has 3 N–H and O–H groups in total. The molecule has 0 bridgehead atoms. The van der Waals surface area contributed by atoms with Crippen LogP contribution in [0.3, 0.4) is 0 Å². The van der Waals surface area contributed by atoms with Gasteiger partial charge in [0.15, 0.2) is 5.84 Å². The molecule has 0 unspecified atom stereocenters. The van der Waals surface area contributed by atoms with Crippen LogP contribution >= 0.6 is 15.9 Å². The van der Waals surface area contributed by atoms with Crippen molar-refractivity contribution < 1.29 is 10.0 Å². The Hall–Kier alpha value is -1.56. The van der Waals surface area contributed by atoms with Crippen LogP contribution in [-0.4, -0.2) is 28.9 Å². The number of benzene rings is 1. The first kappa shape index (κ1) is 15.8. The monoisotopic (exact) mass is 353 g/mol. The van der Waals surface area contributed by atoms with Gasteiger partial charge in [-0.15, -0.1) is 0 Å². The Labute approximate surface area is 132 Å². The van der Waals surface area contributed by atoms with E-state index in [1.54, 1.807) is 11.9 Å². The summed E-state index contributed by atoms with van der Waals surface area (Å²) in [5.41, 5.74) is 5.97. The molecule has 1 aliphatic rings. The molecule has 6 heteroatoms. The van der Waals surface area contributed by atoms with Crippen LogP contribution in [0.2, 0.25) is 0 Å². The van der Waals surface area contributed by atoms with E-state index in [4.69, 9.17) is 10.9 Å². The van der Waals surface area contributed by atoms with Gasteiger partial charge in [0, 0.05) is 18.1 Å². The van der Waals surface area contributed by atoms with E-state index < -0.39 is 5.41 Å². The molecule has 0 aliphatic heterocycles. The maximum Gasteiger partial charge on any atom is 0.236 e. The van der Waals surface area contributed by atoms with E-state index in [1.165, 1.54) is 0 Å². The second-order valence-electron chi connectivity index (χ2n) is 5.87. The smallest absolute Gasteiger partial charge is 0.236 e. The van der Waals surface area contributed by atoms with Crippen LogP contribution in [0.15, 0.2) is 33.9 Å². The first-order chi connectivity index (χ1) is 9.89. The minimum absolute atomic E-state index is 0.0201. The predicted octanol–water partition coefficient (Wildman–Crippen LogP) is 2.57. The number of oxime groups is 1. The molecule has 114 valence electrons. The molecular formula is C15H20BrN3O2. The molecule has 0 saturated heterocycles. The van der Waals surface area contributed by atoms with Gasteiger partial charge < -0.3 is 15.8 Å². The lowest BCUT2D eigenvalue weighted by Crippen LogP contribution is -2.56. The summed E-state index contributed by atoms with van der Waals surface area (Å²) in [5.74, 6) is 0.344. The Balaban J connectivity index is 2.14. The molecule has 2 rings (SSSR count). The van der Waals surface area contributed by atoms with Crippen molar-refractivity contribution in [2.24, 2.45) is 22.2 Å². The summed E-state index contributed by atoms with van der Waals surface area (Å²) in [4.78, 5) is 14.4. The van der Waals surface area contributed by atoms with Crippen molar-refractivity contribution in [1.82, 2.24) is 4.90 Å². The van der Waals surface area contributed by atoms with Crippen LogP contribution in [0.1, 0.15) is 25.3 Å². The van der Waals surface area contributed by atoms with Crippen molar-refractivity contribution in [1.29, 1.82) is 0 Å². The molecular weight excluding hydrogens is 334 g/mol. The zero-order valence-corrected chi connectivity index (χ0v) is 13.8. The lowest BCUT2D eigenvalue weighted by Gasteiger charge is -2.45. The molecule has 1 amide bonds. The Morgan fingerprint density at radius 1 is 1.57 bits per heavy atom. The Morgan fingerprint density at radius 3 is 2.76 bits per heavy atom. The van der Waals surface area contributed by atoms with E-state index in [1.807, 2.05) is 24.3 Å². The van der Waals surface area contributed by atoms with Gasteiger partial charge in [-0.25, -0.2) is 0 Å². The average molecular weight is 354 g/mol. The summed E-state index contributed by atoms with van der Waals surface area (Å²) in [6, 6.07) is 7.82. The number of hydrogen-bond acceptors (Lipinski definition) is 3. The number of halogens is 1. The van der Waals surface area contributed by atoms with Gasteiger partial charge in [-0.1, -0.05) is 40.1 Å². The molecule has 1 aliphatic carbocycles. The maximum atomic E-state index is 12.7. The van der Waals surface area contributed by atoms with Gasteiger partial charge in [0.1, 0.15) is 5.41 Å². The Bertz CT molecular complexity index is 568. The first-order valence-electron chi connectivity index (χ1n) is 6.87. The molecule has 1 fully saturated rings. The van der Waals surface area contributed by atoms with Crippen LogP contribution in [0, 0.1) is 11.3 Å². The van der Waals surface area contributed by atoms with E-state index in [-0.39, 0.29) is 11.7 Å². The van der Waals surface area contributed by atoms with E-state index in [2.05, 4.69) is 28.0 Å². The quantitative estimate of drug-likeness (QED) is 0.378. The minimum Gasteiger partial charge on any atom is -0.409 e. The van der Waals surface area contributed by atoms with Crippen LogP contribution in [0.4, 0.5) is 0 Å². The second-order valence-corrected chi connectivity index (χ2v) is 6.79. The third kappa shape index (κ3) is 3.05. The van der Waals surface area contributed by atoms with Crippen molar-refractivity contribution in [3.8, 4) is 0 Å². The zero-order valence-electron chi connectivity index (χ0n) is 12.2. The summed E-state index contributed by atoms with van der Waals surface area (Å²) in [5, 5.41) is 12.0. The summed E-state index contributed by atoms with van der Waals surface area (Å²) < 4.78 is 0.976. The summed E-state index contributed by atoms with van der Waals surface area (Å²) >= 11 is 3.42. The average Bonchev–Trinajstić information content (AvgIpc) is 2.42. The highest BCUT2D eigenvalue weighted by Crippen LogP contribution is 2.47. The minimum atomic E-state index is -0.838. The van der Waals surface area contributed by atoms with E-state index in [0.717, 1.165) is 10.0 Å². The van der Waals surface area contributed by atoms with Gasteiger partial charge in [-0.2, -0.15) is 0 Å². The molecule has 21 heavy (non-hydrogen) atoms. The van der Waals surface area contributed by atoms with Gasteiger partial charge >= 0.3 is 0 Å². The van der Waals surface area contributed by atoms with E-state index >= 15 is 0 Å². The highest BCUT2D eigenvalue weighted by molar-refractivity contribution is 9.10. The number of carbonyl (C=O) groups is 1. The fraction of sp³-hybridized carbons (Fsp3) is 0.467. The van der Waals surface area contributed by atoms with Gasteiger partial charge in [0.25, 0.3) is 0 Å². The summed E-state index contributed by atoms with van der Waals surface area (Å²) in [6.45, 7) is 2.55. The molecule has 0 heterocycles. The summed E-state index contributed by atoms with van der Waals surface area (Å²) in [7, 11) is 1.75. The molecule has 0 atom stereocenters. The number of nitrogens with two attached hydrogens (primary N) is 1. The second kappa shape index (κ2) is 6.05. The van der Waals surface area contributed by atoms with Crippen LogP contribution in [-0.2, 0) is 11.3 Å². The fourth-order valence-electron chi connectivity index (χ4n) is 3.07. The highest BCUT2D eigenvalue weighted by atomic mass is 79.9. The normalized spacial score (nSPS) is 25.3. The van der Waals surface area contributed by atoms with Gasteiger partial charge in [-0.3, -0.25) is 4.79 Å². The molecule has 0 aromatic heterocycles. The van der Waals surface area contributed by atoms with Crippen molar-refractivity contribution in [3.63, 3.8) is 0 Å². The fourth-order valence-corrected chi connectivity index (χ4v) is 3.51. The van der Waals surface area contributed by atoms with E-state index in [9.17, 15) is 4.79 Å². The number of rotatable bonds is 4. The number of nitrogens with zero attached hydrogens (tertiary/aromatic N) is 2. The standard InChI is InChI=1S/C15H20BrN3O2/c1-10-7-15(8-10,13(17)18-21)14(20)19(2)9-11-4-3-5-12(16)6-11/h3-6,10,21H,7-9H2,1-2H3,(H2,17,18). The highest BCUT2D eigenvalue weighted by Gasteiger charge is 2.53. The molecule has 0 radical (unpaired) electrons.